The van der Waals surface area contributed by atoms with E-state index in [1.54, 1.807) is 52.2 Å². The Bertz CT molecular complexity index is 1040. The zero-order valence-electron chi connectivity index (χ0n) is 13.9. The van der Waals surface area contributed by atoms with Gasteiger partial charge in [0.15, 0.2) is 5.82 Å². The van der Waals surface area contributed by atoms with Crippen molar-refractivity contribution in [3.05, 3.63) is 66.4 Å². The lowest BCUT2D eigenvalue weighted by atomic mass is 10.2. The van der Waals surface area contributed by atoms with Crippen LogP contribution in [-0.2, 0) is 13.1 Å². The molecule has 0 radical (unpaired) electrons. The van der Waals surface area contributed by atoms with E-state index in [1.807, 2.05) is 6.07 Å². The number of nitrogens with one attached hydrogen (secondary N) is 1. The molecule has 3 heterocycles. The van der Waals surface area contributed by atoms with Crippen LogP contribution < -0.4 is 5.32 Å². The number of hydrogen-bond acceptors (Lipinski definition) is 5. The number of halogens is 1. The van der Waals surface area contributed by atoms with Gasteiger partial charge in [-0.15, -0.1) is 0 Å². The summed E-state index contributed by atoms with van der Waals surface area (Å²) in [6.07, 6.45) is 5.20. The first kappa shape index (κ1) is 16.2. The molecule has 0 fully saturated rings. The predicted octanol–water partition coefficient (Wildman–Crippen LogP) is 2.55. The van der Waals surface area contributed by atoms with E-state index >= 15 is 0 Å². The zero-order chi connectivity index (χ0) is 17.9. The molecule has 0 aliphatic heterocycles. The van der Waals surface area contributed by atoms with Crippen molar-refractivity contribution in [3.63, 3.8) is 0 Å². The first-order valence-electron chi connectivity index (χ1n) is 8.19. The van der Waals surface area contributed by atoms with Gasteiger partial charge in [0.2, 0.25) is 0 Å². The van der Waals surface area contributed by atoms with E-state index in [2.05, 4.69) is 20.5 Å². The van der Waals surface area contributed by atoms with Crippen molar-refractivity contribution in [2.45, 2.75) is 13.1 Å². The fourth-order valence-electron chi connectivity index (χ4n) is 2.74. The summed E-state index contributed by atoms with van der Waals surface area (Å²) in [5.74, 6) is 0.991. The van der Waals surface area contributed by atoms with E-state index < -0.39 is 0 Å². The van der Waals surface area contributed by atoms with Crippen LogP contribution in [0.3, 0.4) is 0 Å². The van der Waals surface area contributed by atoms with Gasteiger partial charge in [0.1, 0.15) is 11.6 Å². The SMILES string of the molecule is OCCn1ccc(Nc2cc3c(cn2)cnn3Cc2ccccc2F)n1. The Morgan fingerprint density at radius 3 is 2.85 bits per heavy atom. The molecule has 0 amide bonds. The summed E-state index contributed by atoms with van der Waals surface area (Å²) in [4.78, 5) is 4.36. The number of fused-ring (bicyclic) bond motifs is 1. The molecular weight excluding hydrogens is 335 g/mol. The van der Waals surface area contributed by atoms with E-state index in [1.165, 1.54) is 6.07 Å². The summed E-state index contributed by atoms with van der Waals surface area (Å²) in [6.45, 7) is 0.800. The first-order valence-corrected chi connectivity index (χ1v) is 8.19. The Labute approximate surface area is 148 Å². The van der Waals surface area contributed by atoms with Crippen molar-refractivity contribution in [2.24, 2.45) is 0 Å². The van der Waals surface area contributed by atoms with Crippen molar-refractivity contribution in [2.75, 3.05) is 11.9 Å². The summed E-state index contributed by atoms with van der Waals surface area (Å²) in [5.41, 5.74) is 1.42. The number of aliphatic hydroxyl groups is 1. The molecule has 0 atom stereocenters. The van der Waals surface area contributed by atoms with Gasteiger partial charge in [-0.2, -0.15) is 10.2 Å². The summed E-state index contributed by atoms with van der Waals surface area (Å²) in [7, 11) is 0. The van der Waals surface area contributed by atoms with Crippen LogP contribution in [0.2, 0.25) is 0 Å². The van der Waals surface area contributed by atoms with Gasteiger partial charge in [-0.3, -0.25) is 9.36 Å². The van der Waals surface area contributed by atoms with E-state index in [0.717, 1.165) is 10.9 Å². The average molecular weight is 352 g/mol. The second kappa shape index (κ2) is 6.93. The number of aromatic nitrogens is 5. The highest BCUT2D eigenvalue weighted by molar-refractivity contribution is 5.80. The fraction of sp³-hybridized carbons (Fsp3) is 0.167. The third kappa shape index (κ3) is 3.27. The molecule has 1 aromatic carbocycles. The second-order valence-electron chi connectivity index (χ2n) is 5.83. The van der Waals surface area contributed by atoms with E-state index in [9.17, 15) is 4.39 Å². The monoisotopic (exact) mass is 352 g/mol. The topological polar surface area (TPSA) is 80.8 Å². The van der Waals surface area contributed by atoms with Crippen LogP contribution in [0, 0.1) is 5.82 Å². The molecule has 4 aromatic rings. The Kier molecular flexibility index (Phi) is 4.32. The fourth-order valence-corrected chi connectivity index (χ4v) is 2.74. The molecule has 7 nitrogen and oxygen atoms in total. The van der Waals surface area contributed by atoms with Crippen molar-refractivity contribution in [3.8, 4) is 0 Å². The van der Waals surface area contributed by atoms with Gasteiger partial charge in [-0.1, -0.05) is 18.2 Å². The Hall–Kier alpha value is -3.26. The second-order valence-corrected chi connectivity index (χ2v) is 5.83. The van der Waals surface area contributed by atoms with Gasteiger partial charge >= 0.3 is 0 Å². The van der Waals surface area contributed by atoms with Gasteiger partial charge in [0, 0.05) is 35.5 Å². The standard InChI is InChI=1S/C18H17FN6O/c19-15-4-2-1-3-13(15)12-25-16-9-18(20-10-14(16)11-21-25)22-17-5-6-24(23-17)7-8-26/h1-6,9-11,26H,7-8,12H2,(H,20,22,23). The number of aliphatic hydroxyl groups excluding tert-OH is 1. The molecule has 3 aromatic heterocycles. The molecule has 0 saturated heterocycles. The van der Waals surface area contributed by atoms with Gasteiger partial charge < -0.3 is 10.4 Å². The van der Waals surface area contributed by atoms with Crippen molar-refractivity contribution in [1.29, 1.82) is 0 Å². The molecule has 0 spiro atoms. The smallest absolute Gasteiger partial charge is 0.153 e. The van der Waals surface area contributed by atoms with E-state index in [-0.39, 0.29) is 12.4 Å². The minimum absolute atomic E-state index is 0.0283. The van der Waals surface area contributed by atoms with Crippen molar-refractivity contribution < 1.29 is 9.50 Å². The Balaban J connectivity index is 1.60. The van der Waals surface area contributed by atoms with Gasteiger partial charge in [0.25, 0.3) is 0 Å². The highest BCUT2D eigenvalue weighted by Gasteiger charge is 2.09. The maximum atomic E-state index is 13.9. The average Bonchev–Trinajstić information content (AvgIpc) is 3.24. The van der Waals surface area contributed by atoms with Gasteiger partial charge in [-0.05, 0) is 6.07 Å². The maximum absolute atomic E-state index is 13.9. The lowest BCUT2D eigenvalue weighted by Crippen LogP contribution is -2.04. The van der Waals surface area contributed by atoms with Gasteiger partial charge in [0.05, 0.1) is 31.4 Å². The van der Waals surface area contributed by atoms with Crippen molar-refractivity contribution >= 4 is 22.5 Å². The van der Waals surface area contributed by atoms with Crippen LogP contribution >= 0.6 is 0 Å². The summed E-state index contributed by atoms with van der Waals surface area (Å²) in [5, 5.41) is 21.6. The molecular formula is C18H17FN6O. The normalized spacial score (nSPS) is 11.2. The lowest BCUT2D eigenvalue weighted by molar-refractivity contribution is 0.269. The summed E-state index contributed by atoms with van der Waals surface area (Å²) in [6, 6.07) is 10.3. The molecule has 132 valence electrons. The molecule has 0 aliphatic rings. The zero-order valence-corrected chi connectivity index (χ0v) is 13.9. The molecule has 0 aliphatic carbocycles. The quantitative estimate of drug-likeness (QED) is 0.557. The predicted molar refractivity (Wildman–Crippen MR) is 95.6 cm³/mol. The molecule has 8 heteroatoms. The number of benzene rings is 1. The largest absolute Gasteiger partial charge is 0.394 e. The number of rotatable bonds is 6. The Morgan fingerprint density at radius 1 is 1.12 bits per heavy atom. The minimum Gasteiger partial charge on any atom is -0.394 e. The number of nitrogens with zero attached hydrogens (tertiary/aromatic N) is 5. The number of hydrogen-bond donors (Lipinski definition) is 2. The minimum atomic E-state index is -0.252. The summed E-state index contributed by atoms with van der Waals surface area (Å²) >= 11 is 0. The molecule has 2 N–H and O–H groups in total. The Morgan fingerprint density at radius 2 is 2.00 bits per heavy atom. The van der Waals surface area contributed by atoms with Crippen molar-refractivity contribution in [1.82, 2.24) is 24.5 Å². The third-order valence-corrected chi connectivity index (χ3v) is 4.03. The number of anilines is 2. The van der Waals surface area contributed by atoms with Crippen LogP contribution in [0.5, 0.6) is 0 Å². The highest BCUT2D eigenvalue weighted by atomic mass is 19.1. The third-order valence-electron chi connectivity index (χ3n) is 4.03. The molecule has 0 unspecified atom stereocenters. The molecule has 0 bridgehead atoms. The van der Waals surface area contributed by atoms with E-state index in [0.29, 0.717) is 30.3 Å². The molecule has 0 saturated carbocycles. The molecule has 4 rings (SSSR count). The van der Waals surface area contributed by atoms with E-state index in [4.69, 9.17) is 5.11 Å². The van der Waals surface area contributed by atoms with Gasteiger partial charge in [-0.25, -0.2) is 9.37 Å². The lowest BCUT2D eigenvalue weighted by Gasteiger charge is -2.07. The first-order chi connectivity index (χ1) is 12.7. The van der Waals surface area contributed by atoms with Crippen LogP contribution in [0.15, 0.2) is 55.0 Å². The van der Waals surface area contributed by atoms with Crippen LogP contribution in [-0.4, -0.2) is 36.3 Å². The number of pyridine rings is 1. The van der Waals surface area contributed by atoms with Crippen LogP contribution in [0.4, 0.5) is 16.0 Å². The summed E-state index contributed by atoms with van der Waals surface area (Å²) < 4.78 is 17.3. The highest BCUT2D eigenvalue weighted by Crippen LogP contribution is 2.20. The molecule has 26 heavy (non-hydrogen) atoms. The maximum Gasteiger partial charge on any atom is 0.153 e. The van der Waals surface area contributed by atoms with Crippen LogP contribution in [0.1, 0.15) is 5.56 Å². The van der Waals surface area contributed by atoms with Crippen LogP contribution in [0.25, 0.3) is 10.9 Å².